The van der Waals surface area contributed by atoms with Crippen LogP contribution >= 0.6 is 0 Å². The van der Waals surface area contributed by atoms with Crippen LogP contribution in [-0.2, 0) is 11.3 Å². The van der Waals surface area contributed by atoms with Gasteiger partial charge in [0, 0.05) is 12.6 Å². The number of hydrogen-bond acceptors (Lipinski definition) is 5. The van der Waals surface area contributed by atoms with Crippen LogP contribution in [-0.4, -0.2) is 22.8 Å². The lowest BCUT2D eigenvalue weighted by Gasteiger charge is -2.08. The highest BCUT2D eigenvalue weighted by Gasteiger charge is 2.23. The van der Waals surface area contributed by atoms with E-state index in [1.54, 1.807) is 0 Å². The van der Waals surface area contributed by atoms with Crippen molar-refractivity contribution in [3.8, 4) is 0 Å². The van der Waals surface area contributed by atoms with Gasteiger partial charge in [-0.1, -0.05) is 18.0 Å². The Morgan fingerprint density at radius 1 is 1.18 bits per heavy atom. The van der Waals surface area contributed by atoms with Crippen LogP contribution in [0.25, 0.3) is 0 Å². The number of nitrogens with zero attached hydrogens (tertiary/aromatic N) is 2. The van der Waals surface area contributed by atoms with Crippen molar-refractivity contribution < 1.29 is 9.26 Å². The molecule has 0 spiro atoms. The Bertz CT molecular complexity index is 354. The molecule has 0 amide bonds. The maximum Gasteiger partial charge on any atom is 0.240 e. The summed E-state index contributed by atoms with van der Waals surface area (Å²) in [7, 11) is 0. The zero-order chi connectivity index (χ0) is 11.5. The van der Waals surface area contributed by atoms with Gasteiger partial charge in [-0.15, -0.1) is 0 Å². The van der Waals surface area contributed by atoms with Crippen LogP contribution in [0.15, 0.2) is 4.52 Å². The molecule has 1 aromatic rings. The minimum Gasteiger partial charge on any atom is -0.370 e. The van der Waals surface area contributed by atoms with E-state index in [4.69, 9.17) is 9.26 Å². The SMILES string of the molecule is C1CCC(NCc2nc(C3CCCO3)no2)C1. The molecule has 17 heavy (non-hydrogen) atoms. The van der Waals surface area contributed by atoms with E-state index in [2.05, 4.69) is 15.5 Å². The van der Waals surface area contributed by atoms with Gasteiger partial charge >= 0.3 is 0 Å². The first kappa shape index (κ1) is 11.2. The van der Waals surface area contributed by atoms with Crippen molar-refractivity contribution in [3.05, 3.63) is 11.7 Å². The van der Waals surface area contributed by atoms with Crippen molar-refractivity contribution in [2.24, 2.45) is 0 Å². The van der Waals surface area contributed by atoms with Gasteiger partial charge in [-0.2, -0.15) is 4.98 Å². The van der Waals surface area contributed by atoms with Gasteiger partial charge in [-0.05, 0) is 25.7 Å². The Labute approximate surface area is 101 Å². The molecule has 0 bridgehead atoms. The smallest absolute Gasteiger partial charge is 0.240 e. The Kier molecular flexibility index (Phi) is 3.38. The largest absolute Gasteiger partial charge is 0.370 e. The fourth-order valence-corrected chi connectivity index (χ4v) is 2.61. The highest BCUT2D eigenvalue weighted by molar-refractivity contribution is 4.93. The molecule has 5 nitrogen and oxygen atoms in total. The predicted molar refractivity (Wildman–Crippen MR) is 61.3 cm³/mol. The molecule has 1 aliphatic carbocycles. The molecular formula is C12H19N3O2. The molecule has 3 rings (SSSR count). The molecule has 1 saturated heterocycles. The number of nitrogens with one attached hydrogen (secondary N) is 1. The topological polar surface area (TPSA) is 60.2 Å². The molecule has 2 aliphatic rings. The Hall–Kier alpha value is -0.940. The van der Waals surface area contributed by atoms with Crippen molar-refractivity contribution in [2.75, 3.05) is 6.61 Å². The van der Waals surface area contributed by atoms with Crippen molar-refractivity contribution in [1.82, 2.24) is 15.5 Å². The number of aromatic nitrogens is 2. The number of ether oxygens (including phenoxy) is 1. The minimum absolute atomic E-state index is 0.0546. The van der Waals surface area contributed by atoms with Gasteiger partial charge in [0.15, 0.2) is 0 Å². The van der Waals surface area contributed by atoms with Crippen molar-refractivity contribution in [3.63, 3.8) is 0 Å². The lowest BCUT2D eigenvalue weighted by molar-refractivity contribution is 0.103. The van der Waals surface area contributed by atoms with Crippen molar-refractivity contribution >= 4 is 0 Å². The molecule has 94 valence electrons. The third-order valence-corrected chi connectivity index (χ3v) is 3.60. The van der Waals surface area contributed by atoms with E-state index in [0.717, 1.165) is 19.4 Å². The Balaban J connectivity index is 1.52. The van der Waals surface area contributed by atoms with E-state index in [1.807, 2.05) is 0 Å². The molecule has 0 radical (unpaired) electrons. The molecule has 1 aliphatic heterocycles. The molecule has 2 fully saturated rings. The second kappa shape index (κ2) is 5.14. The zero-order valence-corrected chi connectivity index (χ0v) is 10.0. The van der Waals surface area contributed by atoms with Gasteiger partial charge in [-0.3, -0.25) is 0 Å². The van der Waals surface area contributed by atoms with Crippen LogP contribution in [0, 0.1) is 0 Å². The van der Waals surface area contributed by atoms with E-state index in [0.29, 0.717) is 24.3 Å². The summed E-state index contributed by atoms with van der Waals surface area (Å²) in [5, 5.41) is 7.46. The molecule has 1 aromatic heterocycles. The molecule has 1 atom stereocenters. The molecule has 1 N–H and O–H groups in total. The second-order valence-corrected chi connectivity index (χ2v) is 4.91. The number of rotatable bonds is 4. The molecule has 0 aromatic carbocycles. The van der Waals surface area contributed by atoms with Gasteiger partial charge in [-0.25, -0.2) is 0 Å². The summed E-state index contributed by atoms with van der Waals surface area (Å²) in [5.74, 6) is 1.40. The van der Waals surface area contributed by atoms with Crippen molar-refractivity contribution in [1.29, 1.82) is 0 Å². The number of hydrogen-bond donors (Lipinski definition) is 1. The maximum absolute atomic E-state index is 5.52. The van der Waals surface area contributed by atoms with Crippen molar-refractivity contribution in [2.45, 2.75) is 57.2 Å². The second-order valence-electron chi connectivity index (χ2n) is 4.91. The van der Waals surface area contributed by atoms with Crippen LogP contribution in [0.1, 0.15) is 56.3 Å². The summed E-state index contributed by atoms with van der Waals surface area (Å²) in [6, 6.07) is 0.632. The quantitative estimate of drug-likeness (QED) is 0.867. The summed E-state index contributed by atoms with van der Waals surface area (Å²) >= 11 is 0. The van der Waals surface area contributed by atoms with Gasteiger partial charge in [0.05, 0.1) is 6.54 Å². The third-order valence-electron chi connectivity index (χ3n) is 3.60. The molecular weight excluding hydrogens is 218 g/mol. The summed E-state index contributed by atoms with van der Waals surface area (Å²) < 4.78 is 10.8. The minimum atomic E-state index is 0.0546. The Morgan fingerprint density at radius 2 is 2.06 bits per heavy atom. The van der Waals surface area contributed by atoms with Gasteiger partial charge < -0.3 is 14.6 Å². The summed E-state index contributed by atoms with van der Waals surface area (Å²) in [6.07, 6.45) is 7.37. The highest BCUT2D eigenvalue weighted by Crippen LogP contribution is 2.26. The van der Waals surface area contributed by atoms with Crippen LogP contribution in [0.3, 0.4) is 0 Å². The normalized spacial score (nSPS) is 25.8. The fourth-order valence-electron chi connectivity index (χ4n) is 2.61. The third kappa shape index (κ3) is 2.66. The van der Waals surface area contributed by atoms with E-state index >= 15 is 0 Å². The predicted octanol–water partition coefficient (Wildman–Crippen LogP) is 1.95. The average molecular weight is 237 g/mol. The Morgan fingerprint density at radius 3 is 2.82 bits per heavy atom. The van der Waals surface area contributed by atoms with Crippen LogP contribution in [0.2, 0.25) is 0 Å². The lowest BCUT2D eigenvalue weighted by atomic mass is 10.2. The standard InChI is InChI=1S/C12H19N3O2/c1-2-5-9(4-1)13-8-11-14-12(15-17-11)10-6-3-7-16-10/h9-10,13H,1-8H2. The summed E-state index contributed by atoms with van der Waals surface area (Å²) in [4.78, 5) is 4.39. The molecule has 1 saturated carbocycles. The first-order chi connectivity index (χ1) is 8.42. The van der Waals surface area contributed by atoms with Crippen LogP contribution in [0.5, 0.6) is 0 Å². The van der Waals surface area contributed by atoms with E-state index in [1.165, 1.54) is 25.7 Å². The summed E-state index contributed by atoms with van der Waals surface area (Å²) in [6.45, 7) is 1.50. The van der Waals surface area contributed by atoms with E-state index in [9.17, 15) is 0 Å². The van der Waals surface area contributed by atoms with Gasteiger partial charge in [0.2, 0.25) is 11.7 Å². The fraction of sp³-hybridized carbons (Fsp3) is 0.833. The molecule has 1 unspecified atom stereocenters. The highest BCUT2D eigenvalue weighted by atomic mass is 16.5. The first-order valence-corrected chi connectivity index (χ1v) is 6.59. The zero-order valence-electron chi connectivity index (χ0n) is 10.0. The van der Waals surface area contributed by atoms with Gasteiger partial charge in [0.1, 0.15) is 6.10 Å². The molecule has 2 heterocycles. The van der Waals surface area contributed by atoms with Crippen LogP contribution < -0.4 is 5.32 Å². The van der Waals surface area contributed by atoms with Crippen LogP contribution in [0.4, 0.5) is 0 Å². The maximum atomic E-state index is 5.52. The van der Waals surface area contributed by atoms with E-state index in [-0.39, 0.29) is 6.10 Å². The average Bonchev–Trinajstić information content (AvgIpc) is 3.09. The van der Waals surface area contributed by atoms with Gasteiger partial charge in [0.25, 0.3) is 0 Å². The van der Waals surface area contributed by atoms with E-state index < -0.39 is 0 Å². The lowest BCUT2D eigenvalue weighted by Crippen LogP contribution is -2.25. The first-order valence-electron chi connectivity index (χ1n) is 6.59. The summed E-state index contributed by atoms with van der Waals surface area (Å²) in [5.41, 5.74) is 0. The molecule has 5 heteroatoms. The monoisotopic (exact) mass is 237 g/mol.